The second-order valence-electron chi connectivity index (χ2n) is 6.71. The molecule has 20 heavy (non-hydrogen) atoms. The second kappa shape index (κ2) is 7.97. The quantitative estimate of drug-likeness (QED) is 0.695. The van der Waals surface area contributed by atoms with E-state index in [-0.39, 0.29) is 11.1 Å². The minimum Gasteiger partial charge on any atom is -0.373 e. The van der Waals surface area contributed by atoms with Gasteiger partial charge in [-0.05, 0) is 59.5 Å². The topological polar surface area (TPSA) is 48.3 Å². The molecule has 0 aliphatic carbocycles. The first kappa shape index (κ1) is 17.4. The number of unbranched alkanes of at least 4 members (excludes halogenated alkanes) is 1. The summed E-state index contributed by atoms with van der Waals surface area (Å²) in [5.41, 5.74) is -0.373. The smallest absolute Gasteiger partial charge is 0.103 e. The van der Waals surface area contributed by atoms with Crippen LogP contribution in [0.15, 0.2) is 0 Å². The molecule has 1 rings (SSSR count). The lowest BCUT2D eigenvalue weighted by molar-refractivity contribution is -0.0861. The zero-order valence-corrected chi connectivity index (χ0v) is 13.7. The van der Waals surface area contributed by atoms with E-state index in [0.29, 0.717) is 0 Å². The van der Waals surface area contributed by atoms with E-state index in [0.717, 1.165) is 58.5 Å². The van der Waals surface area contributed by atoms with Crippen LogP contribution in [0.3, 0.4) is 0 Å². The van der Waals surface area contributed by atoms with Crippen LogP contribution < -0.4 is 5.32 Å². The third-order valence-electron chi connectivity index (χ3n) is 3.92. The molecule has 1 unspecified atom stereocenters. The largest absolute Gasteiger partial charge is 0.373 e. The van der Waals surface area contributed by atoms with Crippen molar-refractivity contribution in [3.63, 3.8) is 0 Å². The molecule has 1 N–H and O–H groups in total. The molecule has 1 fully saturated rings. The van der Waals surface area contributed by atoms with E-state index >= 15 is 0 Å². The first-order chi connectivity index (χ1) is 9.41. The van der Waals surface area contributed by atoms with Gasteiger partial charge < -0.3 is 4.74 Å². The lowest BCUT2D eigenvalue weighted by Crippen LogP contribution is -2.48. The summed E-state index contributed by atoms with van der Waals surface area (Å²) in [4.78, 5) is 2.48. The first-order valence-electron chi connectivity index (χ1n) is 7.93. The molecule has 1 atom stereocenters. The number of hydrogen-bond acceptors (Lipinski definition) is 4. The van der Waals surface area contributed by atoms with Gasteiger partial charge in [0.2, 0.25) is 0 Å². The highest BCUT2D eigenvalue weighted by Gasteiger charge is 2.27. The summed E-state index contributed by atoms with van der Waals surface area (Å²) in [7, 11) is 0. The van der Waals surface area contributed by atoms with Crippen LogP contribution in [0.5, 0.6) is 0 Å². The highest BCUT2D eigenvalue weighted by atomic mass is 16.5. The fourth-order valence-electron chi connectivity index (χ4n) is 2.70. The molecule has 0 bridgehead atoms. The van der Waals surface area contributed by atoms with Gasteiger partial charge in [-0.15, -0.1) is 0 Å². The number of rotatable bonds is 8. The van der Waals surface area contributed by atoms with Crippen molar-refractivity contribution in [2.24, 2.45) is 0 Å². The summed E-state index contributed by atoms with van der Waals surface area (Å²) in [5.74, 6) is 0. The maximum Gasteiger partial charge on any atom is 0.103 e. The fraction of sp³-hybridized carbons (Fsp3) is 0.938. The number of nitrogens with one attached hydrogen (secondary N) is 1. The third kappa shape index (κ3) is 6.21. The Morgan fingerprint density at radius 3 is 2.75 bits per heavy atom. The van der Waals surface area contributed by atoms with Gasteiger partial charge in [-0.3, -0.25) is 10.2 Å². The maximum absolute atomic E-state index is 9.29. The van der Waals surface area contributed by atoms with E-state index in [1.807, 2.05) is 6.92 Å². The van der Waals surface area contributed by atoms with E-state index in [1.165, 1.54) is 0 Å². The van der Waals surface area contributed by atoms with Crippen molar-refractivity contribution >= 4 is 0 Å². The molecule has 4 nitrogen and oxygen atoms in total. The molecule has 116 valence electrons. The van der Waals surface area contributed by atoms with Crippen LogP contribution in [0.1, 0.15) is 53.4 Å². The summed E-state index contributed by atoms with van der Waals surface area (Å²) >= 11 is 0. The normalized spacial score (nSPS) is 22.1. The number of hydrogen-bond donors (Lipinski definition) is 1. The van der Waals surface area contributed by atoms with Crippen molar-refractivity contribution in [3.05, 3.63) is 0 Å². The highest BCUT2D eigenvalue weighted by molar-refractivity contribution is 5.03. The van der Waals surface area contributed by atoms with E-state index in [9.17, 15) is 5.26 Å². The average Bonchev–Trinajstić information content (AvgIpc) is 2.40. The number of ether oxygens (including phenoxy) is 1. The summed E-state index contributed by atoms with van der Waals surface area (Å²) in [6.45, 7) is 13.4. The molecule has 4 heteroatoms. The zero-order chi connectivity index (χ0) is 15.1. The standard InChI is InChI=1S/C16H31N3O/c1-5-9-18-16(4,13-17)8-6-7-10-19-11-12-20-15(2,3)14-19/h18H,5-12,14H2,1-4H3. The maximum atomic E-state index is 9.29. The second-order valence-corrected chi connectivity index (χ2v) is 6.71. The van der Waals surface area contributed by atoms with Crippen molar-refractivity contribution in [3.8, 4) is 6.07 Å². The summed E-state index contributed by atoms with van der Waals surface area (Å²) < 4.78 is 5.72. The van der Waals surface area contributed by atoms with E-state index < -0.39 is 0 Å². The Morgan fingerprint density at radius 2 is 2.15 bits per heavy atom. The van der Waals surface area contributed by atoms with E-state index in [1.54, 1.807) is 0 Å². The lowest BCUT2D eigenvalue weighted by Gasteiger charge is -2.38. The van der Waals surface area contributed by atoms with Gasteiger partial charge in [0.05, 0.1) is 18.3 Å². The third-order valence-corrected chi connectivity index (χ3v) is 3.92. The Kier molecular flexibility index (Phi) is 6.94. The predicted molar refractivity (Wildman–Crippen MR) is 82.6 cm³/mol. The number of nitrogens with zero attached hydrogens (tertiary/aromatic N) is 2. The molecule has 1 saturated heterocycles. The Morgan fingerprint density at radius 1 is 1.40 bits per heavy atom. The van der Waals surface area contributed by atoms with Crippen molar-refractivity contribution in [1.29, 1.82) is 5.26 Å². The van der Waals surface area contributed by atoms with E-state index in [2.05, 4.69) is 37.1 Å². The average molecular weight is 281 g/mol. The highest BCUT2D eigenvalue weighted by Crippen LogP contribution is 2.18. The van der Waals surface area contributed by atoms with Crippen molar-refractivity contribution in [2.75, 3.05) is 32.8 Å². The molecule has 0 saturated carbocycles. The van der Waals surface area contributed by atoms with Gasteiger partial charge in [0, 0.05) is 13.1 Å². The summed E-state index contributed by atoms with van der Waals surface area (Å²) in [6.07, 6.45) is 4.25. The van der Waals surface area contributed by atoms with Crippen molar-refractivity contribution in [1.82, 2.24) is 10.2 Å². The Balaban J connectivity index is 2.22. The van der Waals surface area contributed by atoms with Crippen LogP contribution in [-0.2, 0) is 4.74 Å². The van der Waals surface area contributed by atoms with Gasteiger partial charge in [0.1, 0.15) is 5.54 Å². The van der Waals surface area contributed by atoms with Gasteiger partial charge >= 0.3 is 0 Å². The Labute approximate surface area is 124 Å². The number of nitriles is 1. The molecule has 0 radical (unpaired) electrons. The Bertz CT molecular complexity index is 324. The molecule has 1 aliphatic rings. The molecule has 1 heterocycles. The van der Waals surface area contributed by atoms with Crippen LogP contribution in [0, 0.1) is 11.3 Å². The molecule has 0 amide bonds. The molecule has 0 aromatic heterocycles. The lowest BCUT2D eigenvalue weighted by atomic mass is 9.96. The minimum atomic E-state index is -0.361. The van der Waals surface area contributed by atoms with Gasteiger partial charge in [0.25, 0.3) is 0 Å². The van der Waals surface area contributed by atoms with Crippen molar-refractivity contribution in [2.45, 2.75) is 64.5 Å². The van der Waals surface area contributed by atoms with Gasteiger partial charge in [-0.1, -0.05) is 6.92 Å². The molecule has 0 aromatic carbocycles. The minimum absolute atomic E-state index is 0.0118. The predicted octanol–water partition coefficient (Wildman–Crippen LogP) is 2.55. The van der Waals surface area contributed by atoms with Crippen LogP contribution in [0.4, 0.5) is 0 Å². The fourth-order valence-corrected chi connectivity index (χ4v) is 2.70. The van der Waals surface area contributed by atoms with Gasteiger partial charge in [0.15, 0.2) is 0 Å². The van der Waals surface area contributed by atoms with E-state index in [4.69, 9.17) is 4.74 Å². The van der Waals surface area contributed by atoms with Crippen LogP contribution in [0.2, 0.25) is 0 Å². The monoisotopic (exact) mass is 281 g/mol. The van der Waals surface area contributed by atoms with Gasteiger partial charge in [-0.25, -0.2) is 0 Å². The summed E-state index contributed by atoms with van der Waals surface area (Å²) in [6, 6.07) is 2.42. The Hall–Kier alpha value is -0.630. The molecule has 1 aliphatic heterocycles. The molecular weight excluding hydrogens is 250 g/mol. The van der Waals surface area contributed by atoms with Crippen molar-refractivity contribution < 1.29 is 4.74 Å². The first-order valence-corrected chi connectivity index (χ1v) is 7.93. The SMILES string of the molecule is CCCNC(C)(C#N)CCCCN1CCOC(C)(C)C1. The zero-order valence-electron chi connectivity index (χ0n) is 13.7. The molecule has 0 aromatic rings. The molecule has 0 spiro atoms. The van der Waals surface area contributed by atoms with Crippen LogP contribution in [-0.4, -0.2) is 48.8 Å². The molecular formula is C16H31N3O. The van der Waals surface area contributed by atoms with Crippen LogP contribution in [0.25, 0.3) is 0 Å². The summed E-state index contributed by atoms with van der Waals surface area (Å²) in [5, 5.41) is 12.6. The van der Waals surface area contributed by atoms with Gasteiger partial charge in [-0.2, -0.15) is 5.26 Å². The van der Waals surface area contributed by atoms with Crippen LogP contribution >= 0.6 is 0 Å². The number of morpholine rings is 1.